The van der Waals surface area contributed by atoms with E-state index >= 15 is 0 Å². The predicted octanol–water partition coefficient (Wildman–Crippen LogP) is 9.12. The van der Waals surface area contributed by atoms with Gasteiger partial charge in [-0.1, -0.05) is 31.0 Å². The Kier molecular flexibility index (Phi) is 12.7. The molecule has 1 aliphatic carbocycles. The summed E-state index contributed by atoms with van der Waals surface area (Å²) in [6.07, 6.45) is 6.43. The largest absolute Gasteiger partial charge is 0.508 e. The normalized spacial score (nSPS) is 18.0. The highest BCUT2D eigenvalue weighted by atomic mass is 32.2. The summed E-state index contributed by atoms with van der Waals surface area (Å²) in [6.45, 7) is 2.03. The molecule has 0 aromatic heterocycles. The highest BCUT2D eigenvalue weighted by molar-refractivity contribution is 7.91. The van der Waals surface area contributed by atoms with Gasteiger partial charge in [0.1, 0.15) is 21.4 Å². The average Bonchev–Trinajstić information content (AvgIpc) is 3.33. The molecule has 1 aliphatic heterocycles. The van der Waals surface area contributed by atoms with E-state index in [9.17, 15) is 31.1 Å². The summed E-state index contributed by atoms with van der Waals surface area (Å²) in [5, 5.41) is 10.1. The van der Waals surface area contributed by atoms with E-state index in [1.54, 1.807) is 6.07 Å². The summed E-state index contributed by atoms with van der Waals surface area (Å²) in [6, 6.07) is 12.8. The molecule has 4 nitrogen and oxygen atoms in total. The fourth-order valence-corrected chi connectivity index (χ4v) is 8.34. The minimum atomic E-state index is -4.23. The van der Waals surface area contributed by atoms with Crippen molar-refractivity contribution in [1.29, 1.82) is 0 Å². The number of aromatic hydroxyl groups is 1. The van der Waals surface area contributed by atoms with Crippen molar-refractivity contribution in [3.05, 3.63) is 65.0 Å². The summed E-state index contributed by atoms with van der Waals surface area (Å²) < 4.78 is 75.1. The van der Waals surface area contributed by atoms with Crippen LogP contribution in [0.4, 0.5) is 17.6 Å². The maximum atomic E-state index is 13.7. The highest BCUT2D eigenvalue weighted by Gasteiger charge is 2.27. The van der Waals surface area contributed by atoms with Gasteiger partial charge in [-0.25, -0.2) is 12.8 Å². The number of rotatable bonds is 16. The molecule has 1 saturated heterocycles. The van der Waals surface area contributed by atoms with E-state index in [0.717, 1.165) is 89.3 Å². The van der Waals surface area contributed by atoms with Crippen molar-refractivity contribution in [2.45, 2.75) is 109 Å². The van der Waals surface area contributed by atoms with Crippen LogP contribution in [0.2, 0.25) is 0 Å². The van der Waals surface area contributed by atoms with Crippen molar-refractivity contribution in [3.63, 3.8) is 0 Å². The van der Waals surface area contributed by atoms with E-state index in [0.29, 0.717) is 12.5 Å². The van der Waals surface area contributed by atoms with Crippen molar-refractivity contribution in [2.75, 3.05) is 24.6 Å². The molecule has 0 bridgehead atoms. The number of allylic oxidation sites excluding steroid dienone is 2. The number of phenols is 1. The van der Waals surface area contributed by atoms with Gasteiger partial charge in [0.05, 0.1) is 11.5 Å². The molecule has 1 N–H and O–H groups in total. The van der Waals surface area contributed by atoms with Crippen LogP contribution in [0.3, 0.4) is 0 Å². The zero-order chi connectivity index (χ0) is 31.6. The summed E-state index contributed by atoms with van der Waals surface area (Å²) in [5.41, 5.74) is 6.02. The van der Waals surface area contributed by atoms with Crippen LogP contribution in [0.1, 0.15) is 107 Å². The van der Waals surface area contributed by atoms with Crippen molar-refractivity contribution >= 4 is 21.0 Å². The Labute approximate surface area is 260 Å². The van der Waals surface area contributed by atoms with Gasteiger partial charge < -0.3 is 10.0 Å². The van der Waals surface area contributed by atoms with Gasteiger partial charge in [-0.3, -0.25) is 0 Å². The second kappa shape index (κ2) is 16.3. The molecule has 1 heterocycles. The molecule has 1 atom stereocenters. The van der Waals surface area contributed by atoms with E-state index < -0.39 is 22.4 Å². The molecule has 44 heavy (non-hydrogen) atoms. The molecule has 1 unspecified atom stereocenters. The number of hydrogen-bond donors (Lipinski definition) is 1. The minimum Gasteiger partial charge on any atom is -0.508 e. The van der Waals surface area contributed by atoms with Gasteiger partial charge in [0.25, 0.3) is 0 Å². The van der Waals surface area contributed by atoms with Gasteiger partial charge in [0.2, 0.25) is 0 Å². The molecule has 2 aliphatic rings. The summed E-state index contributed by atoms with van der Waals surface area (Å²) >= 11 is 0. The number of phenolic OH excluding ortho intramolecular Hbond substituents is 1. The average molecular weight is 638 g/mol. The summed E-state index contributed by atoms with van der Waals surface area (Å²) in [5.74, 6) is -0.0520. The zero-order valence-corrected chi connectivity index (χ0v) is 26.5. The molecule has 9 heteroatoms. The molecule has 1 fully saturated rings. The molecule has 2 aromatic rings. The van der Waals surface area contributed by atoms with Gasteiger partial charge in [0.15, 0.2) is 0 Å². The molecule has 0 radical (unpaired) electrons. The smallest absolute Gasteiger partial charge is 0.389 e. The van der Waals surface area contributed by atoms with Crippen molar-refractivity contribution < 1.29 is 31.1 Å². The van der Waals surface area contributed by atoms with Gasteiger partial charge in [-0.05, 0) is 142 Å². The number of sulfone groups is 1. The lowest BCUT2D eigenvalue weighted by molar-refractivity contribution is -0.135. The number of unbranched alkanes of at least 4 members (excludes halogenated alkanes) is 4. The first kappa shape index (κ1) is 34.5. The molecule has 244 valence electrons. The van der Waals surface area contributed by atoms with Crippen LogP contribution in [-0.2, 0) is 16.3 Å². The third kappa shape index (κ3) is 10.9. The molecule has 0 amide bonds. The number of fused-ring (bicyclic) bond motifs is 1. The maximum absolute atomic E-state index is 13.7. The van der Waals surface area contributed by atoms with Crippen LogP contribution in [-0.4, -0.2) is 55.2 Å². The third-order valence-electron chi connectivity index (χ3n) is 9.12. The molecular formula is C35H47F4NO3S. The summed E-state index contributed by atoms with van der Waals surface area (Å²) in [4.78, 5) is 2.49. The maximum Gasteiger partial charge on any atom is 0.389 e. The second-order valence-corrected chi connectivity index (χ2v) is 14.8. The lowest BCUT2D eigenvalue weighted by atomic mass is 9.89. The fraction of sp³-hybridized carbons (Fsp3) is 0.600. The van der Waals surface area contributed by atoms with E-state index in [2.05, 4.69) is 4.90 Å². The molecular weight excluding hydrogens is 590 g/mol. The topological polar surface area (TPSA) is 57.6 Å². The SMILES string of the molecule is O=S(=O)(CCCCC(F)(F)F)CCCC1CCCN1CCCCCCC1=C(c2ccc(F)cc2)CCCc2cc(O)ccc21. The highest BCUT2D eigenvalue weighted by Crippen LogP contribution is 2.39. The Morgan fingerprint density at radius 2 is 1.61 bits per heavy atom. The number of hydrogen-bond acceptors (Lipinski definition) is 4. The van der Waals surface area contributed by atoms with Crippen LogP contribution in [0, 0.1) is 5.82 Å². The lowest BCUT2D eigenvalue weighted by Crippen LogP contribution is -2.30. The fourth-order valence-electron chi connectivity index (χ4n) is 6.88. The van der Waals surface area contributed by atoms with Crippen LogP contribution in [0.5, 0.6) is 5.75 Å². The molecule has 2 aromatic carbocycles. The Hall–Kier alpha value is -2.39. The van der Waals surface area contributed by atoms with Gasteiger partial charge >= 0.3 is 6.18 Å². The Bertz CT molecular complexity index is 1340. The van der Waals surface area contributed by atoms with E-state index in [-0.39, 0.29) is 35.9 Å². The van der Waals surface area contributed by atoms with Crippen LogP contribution in [0.25, 0.3) is 11.1 Å². The Balaban J connectivity index is 1.22. The number of nitrogens with zero attached hydrogens (tertiary/aromatic N) is 1. The standard InChI is InChI=1S/C35H47F4NO3S/c36-29-17-15-27(16-18-29)32-14-7-10-28-26-31(41)19-20-33(28)34(32)13-3-1-2-5-22-40-23-8-11-30(40)12-9-25-44(42,43)24-6-4-21-35(37,38)39/h15-20,26,30,41H,1-14,21-25H2. The number of aryl methyl sites for hydroxylation is 1. The number of halogens is 4. The first-order chi connectivity index (χ1) is 21.0. The van der Waals surface area contributed by atoms with E-state index in [4.69, 9.17) is 0 Å². The van der Waals surface area contributed by atoms with Crippen LogP contribution >= 0.6 is 0 Å². The monoisotopic (exact) mass is 637 g/mol. The molecule has 0 saturated carbocycles. The van der Waals surface area contributed by atoms with Gasteiger partial charge in [-0.15, -0.1) is 0 Å². The Morgan fingerprint density at radius 1 is 0.864 bits per heavy atom. The predicted molar refractivity (Wildman–Crippen MR) is 170 cm³/mol. The van der Waals surface area contributed by atoms with Crippen molar-refractivity contribution in [2.24, 2.45) is 0 Å². The van der Waals surface area contributed by atoms with E-state index in [1.807, 2.05) is 24.3 Å². The first-order valence-electron chi connectivity index (χ1n) is 16.3. The second-order valence-electron chi connectivity index (χ2n) is 12.5. The minimum absolute atomic E-state index is 0.0574. The van der Waals surface area contributed by atoms with Crippen molar-refractivity contribution in [3.8, 4) is 5.75 Å². The number of likely N-dealkylation sites (tertiary alicyclic amines) is 1. The van der Waals surface area contributed by atoms with E-state index in [1.165, 1.54) is 34.4 Å². The van der Waals surface area contributed by atoms with Crippen molar-refractivity contribution in [1.82, 2.24) is 4.90 Å². The van der Waals surface area contributed by atoms with Crippen LogP contribution in [0.15, 0.2) is 42.5 Å². The quantitative estimate of drug-likeness (QED) is 0.147. The first-order valence-corrected chi connectivity index (χ1v) is 18.1. The van der Waals surface area contributed by atoms with Gasteiger partial charge in [0, 0.05) is 12.5 Å². The number of alkyl halides is 3. The number of benzene rings is 2. The lowest BCUT2D eigenvalue weighted by Gasteiger charge is -2.24. The molecule has 4 rings (SSSR count). The summed E-state index contributed by atoms with van der Waals surface area (Å²) in [7, 11) is -3.31. The van der Waals surface area contributed by atoms with Gasteiger partial charge in [-0.2, -0.15) is 13.2 Å². The zero-order valence-electron chi connectivity index (χ0n) is 25.7. The molecule has 0 spiro atoms. The Morgan fingerprint density at radius 3 is 2.39 bits per heavy atom. The third-order valence-corrected chi connectivity index (χ3v) is 10.9. The van der Waals surface area contributed by atoms with Crippen LogP contribution < -0.4 is 0 Å².